The van der Waals surface area contributed by atoms with Gasteiger partial charge in [0.25, 0.3) is 5.24 Å². The lowest BCUT2D eigenvalue weighted by Gasteiger charge is -2.14. The largest absolute Gasteiger partial charge is 0.493 e. The van der Waals surface area contributed by atoms with E-state index >= 15 is 0 Å². The van der Waals surface area contributed by atoms with E-state index in [-0.39, 0.29) is 11.1 Å². The van der Waals surface area contributed by atoms with Gasteiger partial charge in [-0.15, -0.1) is 0 Å². The number of carbonyl (C=O) groups excluding carboxylic acids is 2. The Hall–Kier alpha value is -3.45. The van der Waals surface area contributed by atoms with Gasteiger partial charge in [0.15, 0.2) is 0 Å². The molecule has 7 heteroatoms. The summed E-state index contributed by atoms with van der Waals surface area (Å²) in [5, 5.41) is 1.50. The first-order valence-corrected chi connectivity index (χ1v) is 12.2. The molecule has 0 unspecified atom stereocenters. The van der Waals surface area contributed by atoms with Crippen LogP contribution in [0, 0.1) is 0 Å². The molecule has 3 aromatic rings. The first-order valence-electron chi connectivity index (χ1n) is 11.4. The van der Waals surface area contributed by atoms with Crippen molar-refractivity contribution < 1.29 is 23.8 Å². The summed E-state index contributed by atoms with van der Waals surface area (Å²) >= 11 is 0.996. The monoisotopic (exact) mass is 477 g/mol. The topological polar surface area (TPSA) is 73.9 Å². The second-order valence-electron chi connectivity index (χ2n) is 7.83. The number of imide groups is 1. The summed E-state index contributed by atoms with van der Waals surface area (Å²) in [6.07, 6.45) is 2.65. The van der Waals surface area contributed by atoms with E-state index in [0.29, 0.717) is 19.0 Å². The van der Waals surface area contributed by atoms with Gasteiger partial charge in [-0.05, 0) is 71.8 Å². The summed E-state index contributed by atoms with van der Waals surface area (Å²) in [6, 6.07) is 22.9. The zero-order chi connectivity index (χ0) is 23.8. The summed E-state index contributed by atoms with van der Waals surface area (Å²) in [5.41, 5.74) is 1.91. The van der Waals surface area contributed by atoms with Gasteiger partial charge in [0.2, 0.25) is 5.91 Å². The van der Waals surface area contributed by atoms with Gasteiger partial charge in [-0.25, -0.2) is 0 Å². The van der Waals surface area contributed by atoms with Gasteiger partial charge in [-0.3, -0.25) is 14.9 Å². The number of hydrogen-bond acceptors (Lipinski definition) is 6. The van der Waals surface area contributed by atoms with Crippen LogP contribution in [0.1, 0.15) is 36.1 Å². The number of amides is 2. The molecule has 4 rings (SSSR count). The molecule has 0 bridgehead atoms. The van der Waals surface area contributed by atoms with Gasteiger partial charge < -0.3 is 14.2 Å². The van der Waals surface area contributed by atoms with Gasteiger partial charge in [0.05, 0.1) is 13.2 Å². The molecule has 1 aliphatic heterocycles. The van der Waals surface area contributed by atoms with E-state index < -0.39 is 5.25 Å². The highest BCUT2D eigenvalue weighted by atomic mass is 32.2. The minimum atomic E-state index is -0.489. The van der Waals surface area contributed by atoms with Crippen LogP contribution in [0.2, 0.25) is 0 Å². The van der Waals surface area contributed by atoms with Gasteiger partial charge in [0.1, 0.15) is 28.2 Å². The van der Waals surface area contributed by atoms with Crippen molar-refractivity contribution in [3.05, 3.63) is 83.9 Å². The number of thioether (sulfide) groups is 1. The smallest absolute Gasteiger partial charge is 0.286 e. The van der Waals surface area contributed by atoms with Crippen LogP contribution in [-0.2, 0) is 11.2 Å². The van der Waals surface area contributed by atoms with Crippen molar-refractivity contribution in [1.29, 1.82) is 0 Å². The predicted octanol–water partition coefficient (Wildman–Crippen LogP) is 6.30. The molecule has 3 aromatic carbocycles. The number of benzene rings is 3. The summed E-state index contributed by atoms with van der Waals surface area (Å²) in [6.45, 7) is 3.19. The lowest BCUT2D eigenvalue weighted by Crippen LogP contribution is -2.20. The van der Waals surface area contributed by atoms with Crippen molar-refractivity contribution >= 4 is 22.9 Å². The molecular weight excluding hydrogens is 450 g/mol. The molecule has 176 valence electrons. The molecule has 1 heterocycles. The maximum Gasteiger partial charge on any atom is 0.286 e. The molecule has 0 radical (unpaired) electrons. The third-order valence-electron chi connectivity index (χ3n) is 5.22. The van der Waals surface area contributed by atoms with Crippen molar-refractivity contribution in [3.63, 3.8) is 0 Å². The second kappa shape index (κ2) is 11.6. The molecule has 2 amide bonds. The quantitative estimate of drug-likeness (QED) is 0.327. The van der Waals surface area contributed by atoms with Crippen molar-refractivity contribution in [2.24, 2.45) is 0 Å². The highest BCUT2D eigenvalue weighted by Gasteiger charge is 2.32. The van der Waals surface area contributed by atoms with E-state index in [2.05, 4.69) is 12.2 Å². The zero-order valence-electron chi connectivity index (χ0n) is 19.0. The summed E-state index contributed by atoms with van der Waals surface area (Å²) in [4.78, 5) is 23.1. The number of ether oxygens (including phenoxy) is 3. The molecule has 1 saturated heterocycles. The number of para-hydroxylation sites is 1. The number of carbonyl (C=O) groups is 2. The maximum absolute atomic E-state index is 11.8. The van der Waals surface area contributed by atoms with Gasteiger partial charge in [-0.1, -0.05) is 43.7 Å². The SMILES string of the molecule is CCCc1cc(Oc2ccccc2)ccc1OCCCOc1ccc([C@H]2SC(=O)NC2=O)cc1. The lowest BCUT2D eigenvalue weighted by atomic mass is 10.1. The number of rotatable bonds is 11. The summed E-state index contributed by atoms with van der Waals surface area (Å²) in [7, 11) is 0. The van der Waals surface area contributed by atoms with Crippen molar-refractivity contribution in [2.75, 3.05) is 13.2 Å². The second-order valence-corrected chi connectivity index (χ2v) is 8.91. The minimum Gasteiger partial charge on any atom is -0.493 e. The van der Waals surface area contributed by atoms with Crippen LogP contribution < -0.4 is 19.5 Å². The number of aryl methyl sites for hydroxylation is 1. The molecule has 34 heavy (non-hydrogen) atoms. The number of hydrogen-bond donors (Lipinski definition) is 1. The lowest BCUT2D eigenvalue weighted by molar-refractivity contribution is -0.119. The Morgan fingerprint density at radius 1 is 0.853 bits per heavy atom. The molecule has 1 fully saturated rings. The molecule has 0 saturated carbocycles. The first-order chi connectivity index (χ1) is 16.6. The normalized spacial score (nSPS) is 15.1. The Labute approximate surface area is 203 Å². The summed E-state index contributed by atoms with van der Waals surface area (Å²) in [5.74, 6) is 2.91. The third kappa shape index (κ3) is 6.32. The Morgan fingerprint density at radius 3 is 2.29 bits per heavy atom. The maximum atomic E-state index is 11.8. The fourth-order valence-corrected chi connectivity index (χ4v) is 4.43. The van der Waals surface area contributed by atoms with E-state index in [1.165, 1.54) is 0 Å². The Bertz CT molecular complexity index is 1120. The van der Waals surface area contributed by atoms with Crippen molar-refractivity contribution in [1.82, 2.24) is 5.32 Å². The summed E-state index contributed by atoms with van der Waals surface area (Å²) < 4.78 is 17.8. The molecule has 1 N–H and O–H groups in total. The molecule has 0 aromatic heterocycles. The fourth-order valence-electron chi connectivity index (χ4n) is 3.59. The Kier molecular flexibility index (Phi) is 8.09. The van der Waals surface area contributed by atoms with E-state index in [1.54, 1.807) is 0 Å². The highest BCUT2D eigenvalue weighted by Crippen LogP contribution is 2.34. The Morgan fingerprint density at radius 2 is 1.59 bits per heavy atom. The van der Waals surface area contributed by atoms with Crippen LogP contribution in [0.15, 0.2) is 72.8 Å². The Balaban J connectivity index is 1.24. The minimum absolute atomic E-state index is 0.275. The van der Waals surface area contributed by atoms with Crippen LogP contribution in [0.3, 0.4) is 0 Å². The third-order valence-corrected chi connectivity index (χ3v) is 6.25. The zero-order valence-corrected chi connectivity index (χ0v) is 19.8. The average Bonchev–Trinajstić information content (AvgIpc) is 3.19. The standard InChI is InChI=1S/C27H27NO5S/c1-2-7-20-18-23(33-22-8-4-3-5-9-22)14-15-24(20)32-17-6-16-31-21-12-10-19(11-13-21)25-26(29)28-27(30)34-25/h3-5,8-15,18,25H,2,6-7,16-17H2,1H3,(H,28,29,30)/t25-/m1/s1. The fraction of sp³-hybridized carbons (Fsp3) is 0.259. The van der Waals surface area contributed by atoms with Crippen LogP contribution in [0.5, 0.6) is 23.0 Å². The average molecular weight is 478 g/mol. The van der Waals surface area contributed by atoms with Crippen molar-refractivity contribution in [3.8, 4) is 23.0 Å². The molecule has 6 nitrogen and oxygen atoms in total. The predicted molar refractivity (Wildman–Crippen MR) is 133 cm³/mol. The highest BCUT2D eigenvalue weighted by molar-refractivity contribution is 8.15. The first kappa shape index (κ1) is 23.7. The molecule has 1 atom stereocenters. The van der Waals surface area contributed by atoms with Crippen molar-refractivity contribution in [2.45, 2.75) is 31.4 Å². The van der Waals surface area contributed by atoms with Gasteiger partial charge >= 0.3 is 0 Å². The molecule has 0 aliphatic carbocycles. The van der Waals surface area contributed by atoms with Crippen LogP contribution in [0.25, 0.3) is 0 Å². The van der Waals surface area contributed by atoms with Gasteiger partial charge in [0, 0.05) is 6.42 Å². The van der Waals surface area contributed by atoms with Crippen LogP contribution in [0.4, 0.5) is 4.79 Å². The van der Waals surface area contributed by atoms with Crippen LogP contribution >= 0.6 is 11.8 Å². The molecule has 0 spiro atoms. The number of nitrogens with one attached hydrogen (secondary N) is 1. The molecule has 1 aliphatic rings. The van der Waals surface area contributed by atoms with E-state index in [0.717, 1.165) is 59.4 Å². The van der Waals surface area contributed by atoms with E-state index in [1.807, 2.05) is 72.8 Å². The van der Waals surface area contributed by atoms with Crippen LogP contribution in [-0.4, -0.2) is 24.4 Å². The molecular formula is C27H27NO5S. The van der Waals surface area contributed by atoms with E-state index in [9.17, 15) is 9.59 Å². The van der Waals surface area contributed by atoms with E-state index in [4.69, 9.17) is 14.2 Å². The van der Waals surface area contributed by atoms with Gasteiger partial charge in [-0.2, -0.15) is 0 Å².